The van der Waals surface area contributed by atoms with Gasteiger partial charge in [-0.2, -0.15) is 4.98 Å². The molecule has 1 unspecified atom stereocenters. The number of halogens is 1. The number of hydrogen-bond donors (Lipinski definition) is 3. The molecule has 1 saturated carbocycles. The Morgan fingerprint density at radius 3 is 2.42 bits per heavy atom. The second-order valence-corrected chi connectivity index (χ2v) is 13.3. The van der Waals surface area contributed by atoms with Gasteiger partial charge in [0.2, 0.25) is 16.0 Å². The number of anilines is 3. The Balaban J connectivity index is 1.25. The Kier molecular flexibility index (Phi) is 8.74. The molecule has 2 fully saturated rings. The topological polar surface area (TPSA) is 102 Å². The molecule has 2 aromatic rings. The summed E-state index contributed by atoms with van der Waals surface area (Å²) in [5, 5.41) is 7.16. The van der Waals surface area contributed by atoms with Gasteiger partial charge in [-0.1, -0.05) is 30.5 Å². The summed E-state index contributed by atoms with van der Waals surface area (Å²) < 4.78 is 26.5. The maximum atomic E-state index is 11.9. The second kappa shape index (κ2) is 12.0. The van der Waals surface area contributed by atoms with Crippen LogP contribution in [0.4, 0.5) is 17.5 Å². The van der Waals surface area contributed by atoms with E-state index in [0.29, 0.717) is 22.8 Å². The number of fused-ring (bicyclic) bond motifs is 1. The predicted molar refractivity (Wildman–Crippen MR) is 154 cm³/mol. The van der Waals surface area contributed by atoms with E-state index >= 15 is 0 Å². The summed E-state index contributed by atoms with van der Waals surface area (Å²) in [6.45, 7) is 4.65. The van der Waals surface area contributed by atoms with Crippen LogP contribution in [0.15, 0.2) is 24.4 Å². The average Bonchev–Trinajstić information content (AvgIpc) is 3.09. The number of likely N-dealkylation sites (N-methyl/N-ethyl adjacent to an activating group) is 1. The highest BCUT2D eigenvalue weighted by Crippen LogP contribution is 2.29. The zero-order valence-corrected chi connectivity index (χ0v) is 24.0. The Labute approximate surface area is 231 Å². The molecule has 5 rings (SSSR count). The van der Waals surface area contributed by atoms with Crippen LogP contribution in [0.1, 0.15) is 49.7 Å². The van der Waals surface area contributed by atoms with Crippen LogP contribution in [-0.2, 0) is 22.9 Å². The third-order valence-electron chi connectivity index (χ3n) is 8.21. The van der Waals surface area contributed by atoms with E-state index < -0.39 is 10.0 Å². The summed E-state index contributed by atoms with van der Waals surface area (Å²) in [6, 6.07) is 6.96. The van der Waals surface area contributed by atoms with Crippen LogP contribution in [0.2, 0.25) is 5.02 Å². The van der Waals surface area contributed by atoms with Gasteiger partial charge in [0.1, 0.15) is 5.02 Å². The van der Waals surface area contributed by atoms with Crippen molar-refractivity contribution in [1.82, 2.24) is 24.5 Å². The molecule has 0 amide bonds. The SMILES string of the molecule is CN1CCN(C2CCc3ccc(Nc4ncc(Cl)c(N[C@@H]5CCCC[C@H]5NS(C)(=O)=O)n4)cc3CC2)CC1. The highest BCUT2D eigenvalue weighted by molar-refractivity contribution is 7.88. The maximum absolute atomic E-state index is 11.9. The van der Waals surface area contributed by atoms with E-state index in [4.69, 9.17) is 11.6 Å². The first-order valence-corrected chi connectivity index (χ1v) is 16.1. The van der Waals surface area contributed by atoms with Gasteiger partial charge < -0.3 is 15.5 Å². The summed E-state index contributed by atoms with van der Waals surface area (Å²) in [5.74, 6) is 0.977. The summed E-state index contributed by atoms with van der Waals surface area (Å²) in [4.78, 5) is 14.1. The molecule has 208 valence electrons. The molecule has 3 aliphatic rings. The molecular weight excluding hydrogens is 522 g/mol. The summed E-state index contributed by atoms with van der Waals surface area (Å²) in [5.41, 5.74) is 3.80. The van der Waals surface area contributed by atoms with E-state index in [2.05, 4.69) is 60.4 Å². The first kappa shape index (κ1) is 27.6. The van der Waals surface area contributed by atoms with Crippen LogP contribution in [0.5, 0.6) is 0 Å². The summed E-state index contributed by atoms with van der Waals surface area (Å²) >= 11 is 6.44. The van der Waals surface area contributed by atoms with Gasteiger partial charge in [0, 0.05) is 50.0 Å². The molecule has 11 heteroatoms. The fraction of sp³-hybridized carbons (Fsp3) is 0.630. The zero-order chi connectivity index (χ0) is 26.7. The van der Waals surface area contributed by atoms with Crippen molar-refractivity contribution in [1.29, 1.82) is 0 Å². The summed E-state index contributed by atoms with van der Waals surface area (Å²) in [7, 11) is -1.09. The van der Waals surface area contributed by atoms with Crippen LogP contribution >= 0.6 is 11.6 Å². The third kappa shape index (κ3) is 7.15. The highest BCUT2D eigenvalue weighted by atomic mass is 35.5. The molecule has 2 aliphatic carbocycles. The molecule has 1 aromatic carbocycles. The second-order valence-electron chi connectivity index (χ2n) is 11.1. The molecule has 2 heterocycles. The van der Waals surface area contributed by atoms with E-state index in [9.17, 15) is 8.42 Å². The van der Waals surface area contributed by atoms with Crippen molar-refractivity contribution in [3.05, 3.63) is 40.5 Å². The number of nitrogens with one attached hydrogen (secondary N) is 3. The number of aryl methyl sites for hydroxylation is 2. The molecule has 1 saturated heterocycles. The minimum atomic E-state index is -3.30. The smallest absolute Gasteiger partial charge is 0.229 e. The predicted octanol–water partition coefficient (Wildman–Crippen LogP) is 3.64. The Hall–Kier alpha value is -1.98. The number of benzene rings is 1. The Morgan fingerprint density at radius 2 is 1.68 bits per heavy atom. The van der Waals surface area contributed by atoms with Gasteiger partial charge in [0.15, 0.2) is 5.82 Å². The molecule has 0 spiro atoms. The van der Waals surface area contributed by atoms with Crippen LogP contribution in [0.3, 0.4) is 0 Å². The van der Waals surface area contributed by atoms with Gasteiger partial charge in [-0.25, -0.2) is 18.1 Å². The van der Waals surface area contributed by atoms with E-state index in [1.165, 1.54) is 43.3 Å². The quantitative estimate of drug-likeness (QED) is 0.440. The first-order valence-electron chi connectivity index (χ1n) is 13.8. The lowest BCUT2D eigenvalue weighted by molar-refractivity contribution is 0.104. The third-order valence-corrected chi connectivity index (χ3v) is 9.22. The maximum Gasteiger partial charge on any atom is 0.229 e. The minimum Gasteiger partial charge on any atom is -0.364 e. The van der Waals surface area contributed by atoms with E-state index in [1.807, 2.05) is 0 Å². The van der Waals surface area contributed by atoms with Crippen molar-refractivity contribution in [3.63, 3.8) is 0 Å². The minimum absolute atomic E-state index is 0.0838. The molecule has 3 atom stereocenters. The monoisotopic (exact) mass is 561 g/mol. The number of hydrogen-bond acceptors (Lipinski definition) is 8. The standard InChI is InChI=1S/C27H40ClN7O2S/c1-34-13-15-35(16-14-34)22-11-8-19-7-10-21(17-20(19)9-12-22)30-27-29-18-23(28)26(32-27)31-24-5-3-4-6-25(24)33-38(2,36)37/h7,10,17-18,22,24-25,33H,3-6,8-9,11-16H2,1-2H3,(H2,29,30,31,32)/t22?,24-,25-/m1/s1. The number of sulfonamides is 1. The largest absolute Gasteiger partial charge is 0.364 e. The Morgan fingerprint density at radius 1 is 0.974 bits per heavy atom. The lowest BCUT2D eigenvalue weighted by Gasteiger charge is -2.37. The van der Waals surface area contributed by atoms with Crippen LogP contribution in [-0.4, -0.2) is 85.8 Å². The lowest BCUT2D eigenvalue weighted by Crippen LogP contribution is -2.49. The zero-order valence-electron chi connectivity index (χ0n) is 22.4. The summed E-state index contributed by atoms with van der Waals surface area (Å²) in [6.07, 6.45) is 11.0. The van der Waals surface area contributed by atoms with Crippen molar-refractivity contribution in [2.24, 2.45) is 0 Å². The van der Waals surface area contributed by atoms with Gasteiger partial charge in [-0.15, -0.1) is 0 Å². The van der Waals surface area contributed by atoms with Crippen molar-refractivity contribution in [3.8, 4) is 0 Å². The van der Waals surface area contributed by atoms with Crippen LogP contribution in [0, 0.1) is 0 Å². The molecule has 1 aromatic heterocycles. The van der Waals surface area contributed by atoms with Crippen molar-refractivity contribution < 1.29 is 8.42 Å². The molecule has 38 heavy (non-hydrogen) atoms. The number of aromatic nitrogens is 2. The molecule has 0 bridgehead atoms. The first-order chi connectivity index (χ1) is 18.2. The van der Waals surface area contributed by atoms with Crippen LogP contribution < -0.4 is 15.4 Å². The molecule has 9 nitrogen and oxygen atoms in total. The molecule has 1 aliphatic heterocycles. The number of piperazine rings is 1. The fourth-order valence-corrected chi connectivity index (χ4v) is 7.05. The fourth-order valence-electron chi connectivity index (χ4n) is 6.07. The number of nitrogens with zero attached hydrogens (tertiary/aromatic N) is 4. The Bertz CT molecular complexity index is 1220. The van der Waals surface area contributed by atoms with Gasteiger partial charge in [-0.05, 0) is 68.8 Å². The average molecular weight is 562 g/mol. The molecular formula is C27H40ClN7O2S. The number of rotatable bonds is 7. The van der Waals surface area contributed by atoms with E-state index in [-0.39, 0.29) is 12.1 Å². The van der Waals surface area contributed by atoms with Crippen molar-refractivity contribution >= 4 is 39.1 Å². The highest BCUT2D eigenvalue weighted by Gasteiger charge is 2.29. The van der Waals surface area contributed by atoms with Gasteiger partial charge >= 0.3 is 0 Å². The van der Waals surface area contributed by atoms with E-state index in [1.54, 1.807) is 6.20 Å². The normalized spacial score (nSPS) is 25.4. The van der Waals surface area contributed by atoms with E-state index in [0.717, 1.165) is 57.3 Å². The van der Waals surface area contributed by atoms with Crippen LogP contribution in [0.25, 0.3) is 0 Å². The molecule has 0 radical (unpaired) electrons. The molecule has 3 N–H and O–H groups in total. The van der Waals surface area contributed by atoms with Crippen molar-refractivity contribution in [2.75, 3.05) is 50.1 Å². The van der Waals surface area contributed by atoms with Gasteiger partial charge in [0.05, 0.1) is 12.5 Å². The van der Waals surface area contributed by atoms with Crippen molar-refractivity contribution in [2.45, 2.75) is 69.5 Å². The van der Waals surface area contributed by atoms with Gasteiger partial charge in [-0.3, -0.25) is 4.90 Å². The lowest BCUT2D eigenvalue weighted by atomic mass is 9.91. The van der Waals surface area contributed by atoms with Gasteiger partial charge in [0.25, 0.3) is 0 Å².